The molecule has 0 saturated heterocycles. The maximum atomic E-state index is 11.5. The van der Waals surface area contributed by atoms with E-state index in [1.807, 2.05) is 43.5 Å². The van der Waals surface area contributed by atoms with Crippen molar-refractivity contribution < 1.29 is 9.53 Å². The van der Waals surface area contributed by atoms with Crippen molar-refractivity contribution in [3.63, 3.8) is 0 Å². The number of hydrogen-bond acceptors (Lipinski definition) is 3. The van der Waals surface area contributed by atoms with Gasteiger partial charge < -0.3 is 9.14 Å². The minimum absolute atomic E-state index is 0.477. The molecule has 0 unspecified atom stereocenters. The number of amides is 1. The smallest absolute Gasteiger partial charge is 0.413 e. The average molecular weight is 233 g/mol. The molecule has 0 fully saturated rings. The highest BCUT2D eigenvalue weighted by Gasteiger charge is 2.16. The second-order valence-corrected chi connectivity index (χ2v) is 4.74. The lowest BCUT2D eigenvalue weighted by Gasteiger charge is -2.19. The van der Waals surface area contributed by atoms with Gasteiger partial charge in [-0.05, 0) is 32.9 Å². The minimum Gasteiger partial charge on any atom is -0.444 e. The fourth-order valence-corrected chi connectivity index (χ4v) is 1.41. The Hall–Kier alpha value is -2.04. The molecule has 0 spiro atoms. The highest BCUT2D eigenvalue weighted by Crippen LogP contribution is 2.12. The molecule has 2 heterocycles. The molecule has 0 saturated carbocycles. The van der Waals surface area contributed by atoms with Crippen molar-refractivity contribution in [2.75, 3.05) is 5.32 Å². The predicted molar refractivity (Wildman–Crippen MR) is 65.0 cm³/mol. The van der Waals surface area contributed by atoms with Crippen LogP contribution in [0.1, 0.15) is 20.8 Å². The summed E-state index contributed by atoms with van der Waals surface area (Å²) < 4.78 is 7.00. The second kappa shape index (κ2) is 4.08. The molecular weight excluding hydrogens is 218 g/mol. The van der Waals surface area contributed by atoms with Crippen LogP contribution < -0.4 is 5.32 Å². The van der Waals surface area contributed by atoms with Gasteiger partial charge in [0.25, 0.3) is 0 Å². The lowest BCUT2D eigenvalue weighted by atomic mass is 10.2. The first-order valence-electron chi connectivity index (χ1n) is 5.37. The molecule has 5 heteroatoms. The van der Waals surface area contributed by atoms with Gasteiger partial charge in [0.2, 0.25) is 0 Å². The van der Waals surface area contributed by atoms with Crippen molar-refractivity contribution in [3.05, 3.63) is 30.7 Å². The summed E-state index contributed by atoms with van der Waals surface area (Å²) in [6.45, 7) is 5.45. The number of hydrogen-bond donors (Lipinski definition) is 1. The third kappa shape index (κ3) is 2.96. The Bertz CT molecular complexity index is 540. The van der Waals surface area contributed by atoms with Crippen LogP contribution in [0.15, 0.2) is 30.7 Å². The number of aromatic nitrogens is 2. The Labute approximate surface area is 99.4 Å². The molecule has 2 aromatic heterocycles. The van der Waals surface area contributed by atoms with Crippen LogP contribution in [0.3, 0.4) is 0 Å². The molecule has 0 atom stereocenters. The standard InChI is InChI=1S/C12H15N3O2/c1-12(2,3)17-11(16)14-10-7-9-5-4-6-15(9)8-13-10/h4-8H,1-3H3,(H,14,16). The van der Waals surface area contributed by atoms with E-state index in [1.54, 1.807) is 12.4 Å². The maximum Gasteiger partial charge on any atom is 0.413 e. The van der Waals surface area contributed by atoms with E-state index in [0.29, 0.717) is 5.82 Å². The second-order valence-electron chi connectivity index (χ2n) is 4.74. The summed E-state index contributed by atoms with van der Waals surface area (Å²) in [6.07, 6.45) is 3.03. The SMILES string of the molecule is CC(C)(C)OC(=O)Nc1cc2cccn2cn1. The quantitative estimate of drug-likeness (QED) is 0.823. The van der Waals surface area contributed by atoms with Gasteiger partial charge in [-0.3, -0.25) is 5.32 Å². The summed E-state index contributed by atoms with van der Waals surface area (Å²) in [6, 6.07) is 5.63. The molecule has 2 aromatic rings. The van der Waals surface area contributed by atoms with E-state index in [0.717, 1.165) is 5.52 Å². The number of ether oxygens (including phenoxy) is 1. The summed E-state index contributed by atoms with van der Waals surface area (Å²) in [5, 5.41) is 2.59. The summed E-state index contributed by atoms with van der Waals surface area (Å²) >= 11 is 0. The van der Waals surface area contributed by atoms with E-state index < -0.39 is 11.7 Å². The number of nitrogens with one attached hydrogen (secondary N) is 1. The number of anilines is 1. The molecule has 0 aliphatic heterocycles. The fourth-order valence-electron chi connectivity index (χ4n) is 1.41. The monoisotopic (exact) mass is 233 g/mol. The van der Waals surface area contributed by atoms with Gasteiger partial charge in [-0.2, -0.15) is 0 Å². The van der Waals surface area contributed by atoms with Crippen molar-refractivity contribution in [1.82, 2.24) is 9.38 Å². The van der Waals surface area contributed by atoms with Gasteiger partial charge in [-0.25, -0.2) is 9.78 Å². The molecule has 1 N–H and O–H groups in total. The minimum atomic E-state index is -0.511. The normalized spacial score (nSPS) is 11.5. The number of carbonyl (C=O) groups excluding carboxylic acids is 1. The third-order valence-electron chi connectivity index (χ3n) is 2.05. The number of rotatable bonds is 1. The van der Waals surface area contributed by atoms with Gasteiger partial charge >= 0.3 is 6.09 Å². The predicted octanol–water partition coefficient (Wildman–Crippen LogP) is 2.68. The molecule has 90 valence electrons. The van der Waals surface area contributed by atoms with Crippen LogP contribution in [0.5, 0.6) is 0 Å². The highest BCUT2D eigenvalue weighted by molar-refractivity contribution is 5.84. The highest BCUT2D eigenvalue weighted by atomic mass is 16.6. The van der Waals surface area contributed by atoms with Crippen molar-refractivity contribution in [3.8, 4) is 0 Å². The van der Waals surface area contributed by atoms with E-state index >= 15 is 0 Å². The number of nitrogens with zero attached hydrogens (tertiary/aromatic N) is 2. The van der Waals surface area contributed by atoms with Gasteiger partial charge in [-0.15, -0.1) is 0 Å². The Balaban J connectivity index is 2.10. The van der Waals surface area contributed by atoms with Crippen molar-refractivity contribution in [1.29, 1.82) is 0 Å². The van der Waals surface area contributed by atoms with Crippen LogP contribution in [0.4, 0.5) is 10.6 Å². The lowest BCUT2D eigenvalue weighted by Crippen LogP contribution is -2.27. The lowest BCUT2D eigenvalue weighted by molar-refractivity contribution is 0.0635. The Morgan fingerprint density at radius 1 is 1.47 bits per heavy atom. The molecule has 0 radical (unpaired) electrons. The Kier molecular flexibility index (Phi) is 2.75. The van der Waals surface area contributed by atoms with Gasteiger partial charge in [0, 0.05) is 12.3 Å². The third-order valence-corrected chi connectivity index (χ3v) is 2.05. The molecule has 2 rings (SSSR count). The van der Waals surface area contributed by atoms with E-state index in [4.69, 9.17) is 4.74 Å². The number of carbonyl (C=O) groups is 1. The topological polar surface area (TPSA) is 55.6 Å². The largest absolute Gasteiger partial charge is 0.444 e. The molecule has 0 aliphatic rings. The first-order valence-corrected chi connectivity index (χ1v) is 5.37. The average Bonchev–Trinajstić information content (AvgIpc) is 2.61. The zero-order chi connectivity index (χ0) is 12.5. The van der Waals surface area contributed by atoms with Gasteiger partial charge in [0.15, 0.2) is 0 Å². The van der Waals surface area contributed by atoms with Crippen LogP contribution in [0, 0.1) is 0 Å². The first-order chi connectivity index (χ1) is 7.94. The summed E-state index contributed by atoms with van der Waals surface area (Å²) in [4.78, 5) is 15.6. The molecule has 1 amide bonds. The van der Waals surface area contributed by atoms with Crippen LogP contribution in [-0.2, 0) is 4.74 Å². The van der Waals surface area contributed by atoms with Gasteiger partial charge in [0.1, 0.15) is 17.7 Å². The zero-order valence-corrected chi connectivity index (χ0v) is 10.1. The van der Waals surface area contributed by atoms with E-state index in [-0.39, 0.29) is 0 Å². The molecule has 0 bridgehead atoms. The zero-order valence-electron chi connectivity index (χ0n) is 10.1. The van der Waals surface area contributed by atoms with Gasteiger partial charge in [0.05, 0.1) is 5.52 Å². The van der Waals surface area contributed by atoms with E-state index in [2.05, 4.69) is 10.3 Å². The molecule has 0 aliphatic carbocycles. The van der Waals surface area contributed by atoms with E-state index in [1.165, 1.54) is 0 Å². The molecular formula is C12H15N3O2. The fraction of sp³-hybridized carbons (Fsp3) is 0.333. The van der Waals surface area contributed by atoms with Crippen molar-refractivity contribution >= 4 is 17.4 Å². The summed E-state index contributed by atoms with van der Waals surface area (Å²) in [7, 11) is 0. The molecule has 17 heavy (non-hydrogen) atoms. The van der Waals surface area contributed by atoms with Crippen LogP contribution >= 0.6 is 0 Å². The van der Waals surface area contributed by atoms with Crippen LogP contribution in [0.25, 0.3) is 5.52 Å². The Morgan fingerprint density at radius 3 is 2.94 bits per heavy atom. The van der Waals surface area contributed by atoms with Crippen molar-refractivity contribution in [2.45, 2.75) is 26.4 Å². The molecule has 5 nitrogen and oxygen atoms in total. The summed E-state index contributed by atoms with van der Waals surface area (Å²) in [5.74, 6) is 0.477. The number of fused-ring (bicyclic) bond motifs is 1. The Morgan fingerprint density at radius 2 is 2.24 bits per heavy atom. The summed E-state index contributed by atoms with van der Waals surface area (Å²) in [5.41, 5.74) is 0.453. The van der Waals surface area contributed by atoms with Crippen LogP contribution in [-0.4, -0.2) is 21.1 Å². The van der Waals surface area contributed by atoms with Crippen molar-refractivity contribution in [2.24, 2.45) is 0 Å². The van der Waals surface area contributed by atoms with Gasteiger partial charge in [-0.1, -0.05) is 0 Å². The first kappa shape index (κ1) is 11.4. The maximum absolute atomic E-state index is 11.5. The van der Waals surface area contributed by atoms with E-state index in [9.17, 15) is 4.79 Å². The van der Waals surface area contributed by atoms with Crippen LogP contribution in [0.2, 0.25) is 0 Å². The molecule has 0 aromatic carbocycles.